The summed E-state index contributed by atoms with van der Waals surface area (Å²) in [6.45, 7) is 1.25. The lowest BCUT2D eigenvalue weighted by molar-refractivity contribution is -0.142. The van der Waals surface area contributed by atoms with Crippen LogP contribution in [0, 0.1) is 5.92 Å². The molecule has 3 atom stereocenters. The van der Waals surface area contributed by atoms with Gasteiger partial charge in [0, 0.05) is 12.6 Å². The number of likely N-dealkylation sites (tertiary alicyclic amines) is 1. The van der Waals surface area contributed by atoms with Crippen LogP contribution in [-0.2, 0) is 4.79 Å². The summed E-state index contributed by atoms with van der Waals surface area (Å²) in [6, 6.07) is 9.84. The van der Waals surface area contributed by atoms with Crippen LogP contribution >= 0.6 is 0 Å². The molecular formula is C17H23NO3. The van der Waals surface area contributed by atoms with Crippen molar-refractivity contribution in [2.75, 3.05) is 13.2 Å². The summed E-state index contributed by atoms with van der Waals surface area (Å²) < 4.78 is 5.74. The number of hydrogen-bond donors (Lipinski definition) is 1. The topological polar surface area (TPSA) is 49.8 Å². The van der Waals surface area contributed by atoms with Crippen LogP contribution in [0.3, 0.4) is 0 Å². The number of benzene rings is 1. The number of aliphatic carboxylic acids is 1. The van der Waals surface area contributed by atoms with Gasteiger partial charge in [-0.2, -0.15) is 0 Å². The van der Waals surface area contributed by atoms with E-state index < -0.39 is 5.97 Å². The molecule has 0 spiro atoms. The summed E-state index contributed by atoms with van der Waals surface area (Å²) in [5.41, 5.74) is 0. The fraction of sp³-hybridized carbons (Fsp3) is 0.588. The van der Waals surface area contributed by atoms with Gasteiger partial charge in [0.05, 0.1) is 0 Å². The Morgan fingerprint density at radius 3 is 2.76 bits per heavy atom. The van der Waals surface area contributed by atoms with Gasteiger partial charge in [-0.25, -0.2) is 0 Å². The number of fused-ring (bicyclic) bond motifs is 1. The van der Waals surface area contributed by atoms with E-state index in [4.69, 9.17) is 4.74 Å². The van der Waals surface area contributed by atoms with Crippen LogP contribution in [-0.4, -0.2) is 41.2 Å². The second-order valence-electron chi connectivity index (χ2n) is 6.10. The van der Waals surface area contributed by atoms with Gasteiger partial charge in [0.15, 0.2) is 0 Å². The molecule has 0 radical (unpaired) electrons. The highest BCUT2D eigenvalue weighted by molar-refractivity contribution is 5.74. The van der Waals surface area contributed by atoms with Crippen molar-refractivity contribution in [2.24, 2.45) is 5.92 Å². The fourth-order valence-corrected chi connectivity index (χ4v) is 3.90. The molecule has 114 valence electrons. The van der Waals surface area contributed by atoms with Gasteiger partial charge in [-0.05, 0) is 37.3 Å². The van der Waals surface area contributed by atoms with Crippen LogP contribution in [0.25, 0.3) is 0 Å². The normalized spacial score (nSPS) is 29.0. The van der Waals surface area contributed by atoms with Crippen molar-refractivity contribution < 1.29 is 14.6 Å². The Morgan fingerprint density at radius 1 is 1.24 bits per heavy atom. The number of para-hydroxylation sites is 1. The van der Waals surface area contributed by atoms with Crippen molar-refractivity contribution in [1.82, 2.24) is 4.90 Å². The third-order valence-electron chi connectivity index (χ3n) is 4.87. The Labute approximate surface area is 125 Å². The molecule has 1 heterocycles. The molecule has 1 N–H and O–H groups in total. The monoisotopic (exact) mass is 289 g/mol. The number of nitrogens with zero attached hydrogens (tertiary/aromatic N) is 1. The predicted octanol–water partition coefficient (Wildman–Crippen LogP) is 2.78. The number of carboxylic acids is 1. The molecule has 1 aliphatic carbocycles. The van der Waals surface area contributed by atoms with Gasteiger partial charge in [0.25, 0.3) is 0 Å². The van der Waals surface area contributed by atoms with Gasteiger partial charge in [-0.3, -0.25) is 9.69 Å². The lowest BCUT2D eigenvalue weighted by atomic mass is 9.85. The molecule has 2 fully saturated rings. The summed E-state index contributed by atoms with van der Waals surface area (Å²) in [5, 5.41) is 9.46. The van der Waals surface area contributed by atoms with E-state index in [2.05, 4.69) is 4.90 Å². The number of rotatable bonds is 5. The zero-order valence-corrected chi connectivity index (χ0v) is 12.3. The third-order valence-corrected chi connectivity index (χ3v) is 4.87. The second-order valence-corrected chi connectivity index (χ2v) is 6.10. The van der Waals surface area contributed by atoms with E-state index in [1.54, 1.807) is 0 Å². The fourth-order valence-electron chi connectivity index (χ4n) is 3.90. The third kappa shape index (κ3) is 3.21. The summed E-state index contributed by atoms with van der Waals surface area (Å²) in [5.74, 6) is 0.740. The first-order valence-corrected chi connectivity index (χ1v) is 7.92. The molecule has 0 aromatic heterocycles. The van der Waals surface area contributed by atoms with Gasteiger partial charge in [0.2, 0.25) is 0 Å². The van der Waals surface area contributed by atoms with E-state index >= 15 is 0 Å². The first kappa shape index (κ1) is 14.4. The Morgan fingerprint density at radius 2 is 2.00 bits per heavy atom. The maximum atomic E-state index is 11.5. The number of carbonyl (C=O) groups is 1. The van der Waals surface area contributed by atoms with Crippen molar-refractivity contribution in [3.63, 3.8) is 0 Å². The van der Waals surface area contributed by atoms with Gasteiger partial charge in [-0.1, -0.05) is 31.0 Å². The van der Waals surface area contributed by atoms with Gasteiger partial charge in [-0.15, -0.1) is 0 Å². The van der Waals surface area contributed by atoms with Crippen molar-refractivity contribution in [2.45, 2.75) is 44.2 Å². The Kier molecular flexibility index (Phi) is 4.44. The van der Waals surface area contributed by atoms with Gasteiger partial charge >= 0.3 is 5.97 Å². The smallest absolute Gasteiger partial charge is 0.320 e. The SMILES string of the molecule is O=C(O)[C@@H]1C[C@@H]2CCCC[C@@H]2N1CCOc1ccccc1. The van der Waals surface area contributed by atoms with Crippen LogP contribution in [0.2, 0.25) is 0 Å². The van der Waals surface area contributed by atoms with E-state index in [0.717, 1.165) is 18.6 Å². The summed E-state index contributed by atoms with van der Waals surface area (Å²) in [6.07, 6.45) is 5.61. The Balaban J connectivity index is 1.60. The number of ether oxygens (including phenoxy) is 1. The minimum atomic E-state index is -0.677. The van der Waals surface area contributed by atoms with E-state index in [1.807, 2.05) is 30.3 Å². The van der Waals surface area contributed by atoms with E-state index in [1.165, 1.54) is 19.3 Å². The van der Waals surface area contributed by atoms with Gasteiger partial charge < -0.3 is 9.84 Å². The van der Waals surface area contributed by atoms with Crippen LogP contribution in [0.5, 0.6) is 5.75 Å². The highest BCUT2D eigenvalue weighted by Crippen LogP contribution is 2.39. The molecule has 4 heteroatoms. The average molecular weight is 289 g/mol. The van der Waals surface area contributed by atoms with E-state index in [9.17, 15) is 9.90 Å². The van der Waals surface area contributed by atoms with Crippen molar-refractivity contribution in [3.05, 3.63) is 30.3 Å². The van der Waals surface area contributed by atoms with Crippen molar-refractivity contribution in [1.29, 1.82) is 0 Å². The number of carboxylic acid groups (broad SMARTS) is 1. The van der Waals surface area contributed by atoms with Crippen LogP contribution < -0.4 is 4.74 Å². The quantitative estimate of drug-likeness (QED) is 0.905. The molecule has 3 rings (SSSR count). The van der Waals surface area contributed by atoms with E-state index in [0.29, 0.717) is 25.1 Å². The largest absolute Gasteiger partial charge is 0.492 e. The summed E-state index contributed by atoms with van der Waals surface area (Å²) in [7, 11) is 0. The molecular weight excluding hydrogens is 266 g/mol. The minimum Gasteiger partial charge on any atom is -0.492 e. The highest BCUT2D eigenvalue weighted by atomic mass is 16.5. The maximum Gasteiger partial charge on any atom is 0.320 e. The second kappa shape index (κ2) is 6.48. The molecule has 21 heavy (non-hydrogen) atoms. The molecule has 0 unspecified atom stereocenters. The van der Waals surface area contributed by atoms with Crippen molar-refractivity contribution in [3.8, 4) is 5.75 Å². The molecule has 1 saturated heterocycles. The van der Waals surface area contributed by atoms with Crippen LogP contribution in [0.1, 0.15) is 32.1 Å². The lowest BCUT2D eigenvalue weighted by Gasteiger charge is -2.32. The molecule has 1 aliphatic heterocycles. The molecule has 1 saturated carbocycles. The Hall–Kier alpha value is -1.55. The van der Waals surface area contributed by atoms with Gasteiger partial charge in [0.1, 0.15) is 18.4 Å². The van der Waals surface area contributed by atoms with Crippen LogP contribution in [0.15, 0.2) is 30.3 Å². The zero-order valence-electron chi connectivity index (χ0n) is 12.3. The summed E-state index contributed by atoms with van der Waals surface area (Å²) >= 11 is 0. The first-order valence-electron chi connectivity index (χ1n) is 7.92. The number of hydrogen-bond acceptors (Lipinski definition) is 3. The molecule has 4 nitrogen and oxygen atoms in total. The molecule has 0 amide bonds. The molecule has 0 bridgehead atoms. The average Bonchev–Trinajstić information content (AvgIpc) is 2.88. The minimum absolute atomic E-state index is 0.322. The summed E-state index contributed by atoms with van der Waals surface area (Å²) in [4.78, 5) is 13.7. The van der Waals surface area contributed by atoms with Crippen molar-refractivity contribution >= 4 is 5.97 Å². The Bertz CT molecular complexity index is 476. The zero-order chi connectivity index (χ0) is 14.7. The standard InChI is InChI=1S/C17H23NO3/c19-17(20)16-12-13-6-4-5-9-15(13)18(16)10-11-21-14-7-2-1-3-8-14/h1-3,7-8,13,15-16H,4-6,9-12H2,(H,19,20)/t13-,15-,16-/m0/s1. The maximum absolute atomic E-state index is 11.5. The van der Waals surface area contributed by atoms with Crippen LogP contribution in [0.4, 0.5) is 0 Å². The lowest BCUT2D eigenvalue weighted by Crippen LogP contribution is -2.44. The first-order chi connectivity index (χ1) is 10.3. The van der Waals surface area contributed by atoms with E-state index in [-0.39, 0.29) is 6.04 Å². The molecule has 2 aliphatic rings. The predicted molar refractivity (Wildman–Crippen MR) is 80.4 cm³/mol. The molecule has 1 aromatic carbocycles. The molecule has 1 aromatic rings. The highest BCUT2D eigenvalue weighted by Gasteiger charge is 2.44.